The lowest BCUT2D eigenvalue weighted by Crippen LogP contribution is -2.30. The van der Waals surface area contributed by atoms with Crippen LogP contribution in [0.5, 0.6) is 0 Å². The van der Waals surface area contributed by atoms with Gasteiger partial charge in [0, 0.05) is 0 Å². The summed E-state index contributed by atoms with van der Waals surface area (Å²) in [6.07, 6.45) is 7.51. The molecule has 0 saturated heterocycles. The Morgan fingerprint density at radius 3 is 2.64 bits per heavy atom. The van der Waals surface area contributed by atoms with Crippen molar-refractivity contribution in [1.82, 2.24) is 0 Å². The molecular weight excluding hydrogens is 172 g/mol. The smallest absolute Gasteiger partial charge is 0.130 e. The summed E-state index contributed by atoms with van der Waals surface area (Å²) in [5.74, 6) is 0.337. The fourth-order valence-corrected chi connectivity index (χ4v) is 2.25. The quantitative estimate of drug-likeness (QED) is 0.483. The standard InChI is InChI=1S/C13H20O/c1-10(2)8-13(9-14)6-5-11(3)7-12(13)4/h7-9,12H,5-6H2,1-4H3/t12-,13+/m1/s1. The van der Waals surface area contributed by atoms with Gasteiger partial charge in [0.05, 0.1) is 5.41 Å². The SMILES string of the molecule is CC(C)=C[C@]1(C=O)CCC(C)=C[C@H]1C. The average Bonchev–Trinajstić information content (AvgIpc) is 2.10. The molecule has 78 valence electrons. The van der Waals surface area contributed by atoms with Gasteiger partial charge in [0.15, 0.2) is 0 Å². The number of rotatable bonds is 2. The molecule has 0 N–H and O–H groups in total. The van der Waals surface area contributed by atoms with Crippen LogP contribution in [0.2, 0.25) is 0 Å². The summed E-state index contributed by atoms with van der Waals surface area (Å²) in [7, 11) is 0. The molecule has 1 heteroatoms. The van der Waals surface area contributed by atoms with Crippen LogP contribution in [0.15, 0.2) is 23.3 Å². The lowest BCUT2D eigenvalue weighted by atomic mass is 9.68. The van der Waals surface area contributed by atoms with Crippen LogP contribution in [0.3, 0.4) is 0 Å². The zero-order chi connectivity index (χ0) is 10.8. The van der Waals surface area contributed by atoms with Crippen LogP contribution in [0.4, 0.5) is 0 Å². The second-order valence-electron chi connectivity index (χ2n) is 4.75. The first-order chi connectivity index (χ1) is 6.50. The molecule has 0 saturated carbocycles. The highest BCUT2D eigenvalue weighted by Gasteiger charge is 2.34. The Morgan fingerprint density at radius 1 is 1.57 bits per heavy atom. The second kappa shape index (κ2) is 4.12. The summed E-state index contributed by atoms with van der Waals surface area (Å²) >= 11 is 0. The van der Waals surface area contributed by atoms with Gasteiger partial charge in [-0.3, -0.25) is 0 Å². The van der Waals surface area contributed by atoms with E-state index in [4.69, 9.17) is 0 Å². The van der Waals surface area contributed by atoms with E-state index < -0.39 is 0 Å². The Morgan fingerprint density at radius 2 is 2.21 bits per heavy atom. The van der Waals surface area contributed by atoms with Crippen LogP contribution in [0.25, 0.3) is 0 Å². The molecule has 1 aliphatic rings. The van der Waals surface area contributed by atoms with E-state index in [1.807, 2.05) is 0 Å². The van der Waals surface area contributed by atoms with E-state index in [9.17, 15) is 4.79 Å². The minimum absolute atomic E-state index is 0.238. The third-order valence-corrected chi connectivity index (χ3v) is 3.11. The van der Waals surface area contributed by atoms with Gasteiger partial charge in [0.1, 0.15) is 6.29 Å². The predicted molar refractivity (Wildman–Crippen MR) is 60.1 cm³/mol. The molecule has 0 spiro atoms. The number of aldehydes is 1. The molecule has 14 heavy (non-hydrogen) atoms. The fraction of sp³-hybridized carbons (Fsp3) is 0.615. The van der Waals surface area contributed by atoms with E-state index in [-0.39, 0.29) is 5.41 Å². The summed E-state index contributed by atoms with van der Waals surface area (Å²) in [5, 5.41) is 0. The van der Waals surface area contributed by atoms with E-state index in [2.05, 4.69) is 39.8 Å². The molecule has 0 unspecified atom stereocenters. The van der Waals surface area contributed by atoms with Crippen LogP contribution >= 0.6 is 0 Å². The lowest BCUT2D eigenvalue weighted by molar-refractivity contribution is -0.115. The van der Waals surface area contributed by atoms with Gasteiger partial charge in [-0.2, -0.15) is 0 Å². The van der Waals surface area contributed by atoms with Crippen LogP contribution in [-0.2, 0) is 4.79 Å². The normalized spacial score (nSPS) is 32.0. The highest BCUT2D eigenvalue weighted by molar-refractivity contribution is 5.65. The van der Waals surface area contributed by atoms with E-state index >= 15 is 0 Å². The summed E-state index contributed by atoms with van der Waals surface area (Å²) in [5.41, 5.74) is 2.41. The maximum Gasteiger partial charge on any atom is 0.130 e. The van der Waals surface area contributed by atoms with Crippen molar-refractivity contribution in [3.63, 3.8) is 0 Å². The van der Waals surface area contributed by atoms with Crippen molar-refractivity contribution >= 4 is 6.29 Å². The average molecular weight is 192 g/mol. The molecule has 0 bridgehead atoms. The molecule has 0 aliphatic heterocycles. The molecule has 0 fully saturated rings. The fourth-order valence-electron chi connectivity index (χ4n) is 2.25. The van der Waals surface area contributed by atoms with Gasteiger partial charge in [-0.1, -0.05) is 30.2 Å². The first-order valence-electron chi connectivity index (χ1n) is 5.30. The van der Waals surface area contributed by atoms with Crippen LogP contribution in [0.1, 0.15) is 40.5 Å². The molecular formula is C13H20O. The maximum atomic E-state index is 11.3. The van der Waals surface area contributed by atoms with Gasteiger partial charge in [0.2, 0.25) is 0 Å². The van der Waals surface area contributed by atoms with Crippen molar-refractivity contribution in [3.05, 3.63) is 23.3 Å². The van der Waals surface area contributed by atoms with Gasteiger partial charge in [-0.15, -0.1) is 0 Å². The monoisotopic (exact) mass is 192 g/mol. The van der Waals surface area contributed by atoms with Gasteiger partial charge in [-0.05, 0) is 39.5 Å². The molecule has 1 nitrogen and oxygen atoms in total. The first kappa shape index (κ1) is 11.2. The molecule has 0 heterocycles. The Labute approximate surface area is 86.9 Å². The Kier molecular flexibility index (Phi) is 3.30. The molecule has 2 atom stereocenters. The van der Waals surface area contributed by atoms with Gasteiger partial charge in [-0.25, -0.2) is 0 Å². The van der Waals surface area contributed by atoms with E-state index in [1.54, 1.807) is 0 Å². The maximum absolute atomic E-state index is 11.3. The lowest BCUT2D eigenvalue weighted by Gasteiger charge is -2.34. The number of hydrogen-bond acceptors (Lipinski definition) is 1. The largest absolute Gasteiger partial charge is 0.302 e. The first-order valence-corrected chi connectivity index (χ1v) is 5.30. The number of carbonyl (C=O) groups is 1. The van der Waals surface area contributed by atoms with Gasteiger partial charge in [0.25, 0.3) is 0 Å². The molecule has 0 amide bonds. The van der Waals surface area contributed by atoms with E-state index in [1.165, 1.54) is 11.1 Å². The Bertz CT molecular complexity index is 282. The zero-order valence-corrected chi connectivity index (χ0v) is 9.63. The molecule has 0 aromatic rings. The van der Waals surface area contributed by atoms with Crippen molar-refractivity contribution < 1.29 is 4.79 Å². The van der Waals surface area contributed by atoms with Gasteiger partial charge < -0.3 is 4.79 Å². The molecule has 0 radical (unpaired) electrons. The molecule has 1 aliphatic carbocycles. The van der Waals surface area contributed by atoms with Gasteiger partial charge >= 0.3 is 0 Å². The molecule has 0 aromatic heterocycles. The third-order valence-electron chi connectivity index (χ3n) is 3.11. The number of hydrogen-bond donors (Lipinski definition) is 0. The highest BCUT2D eigenvalue weighted by Crippen LogP contribution is 2.40. The van der Waals surface area contributed by atoms with Crippen LogP contribution in [0, 0.1) is 11.3 Å². The summed E-state index contributed by atoms with van der Waals surface area (Å²) in [6.45, 7) is 8.40. The number of allylic oxidation sites excluding steroid dienone is 4. The van der Waals surface area contributed by atoms with Crippen LogP contribution < -0.4 is 0 Å². The van der Waals surface area contributed by atoms with Crippen molar-refractivity contribution in [3.8, 4) is 0 Å². The Hall–Kier alpha value is -0.850. The van der Waals surface area contributed by atoms with E-state index in [0.717, 1.165) is 19.1 Å². The van der Waals surface area contributed by atoms with Crippen molar-refractivity contribution in [2.45, 2.75) is 40.5 Å². The van der Waals surface area contributed by atoms with Crippen molar-refractivity contribution in [1.29, 1.82) is 0 Å². The zero-order valence-electron chi connectivity index (χ0n) is 9.63. The summed E-state index contributed by atoms with van der Waals surface area (Å²) in [6, 6.07) is 0. The molecule has 1 rings (SSSR count). The van der Waals surface area contributed by atoms with E-state index in [0.29, 0.717) is 5.92 Å². The summed E-state index contributed by atoms with van der Waals surface area (Å²) < 4.78 is 0. The second-order valence-corrected chi connectivity index (χ2v) is 4.75. The number of carbonyl (C=O) groups excluding carboxylic acids is 1. The van der Waals surface area contributed by atoms with Crippen molar-refractivity contribution in [2.75, 3.05) is 0 Å². The van der Waals surface area contributed by atoms with Crippen LogP contribution in [-0.4, -0.2) is 6.29 Å². The topological polar surface area (TPSA) is 17.1 Å². The molecule has 0 aromatic carbocycles. The Balaban J connectivity index is 3.02. The minimum atomic E-state index is -0.238. The minimum Gasteiger partial charge on any atom is -0.302 e. The summed E-state index contributed by atoms with van der Waals surface area (Å²) in [4.78, 5) is 11.3. The van der Waals surface area contributed by atoms with Crippen molar-refractivity contribution in [2.24, 2.45) is 11.3 Å². The highest BCUT2D eigenvalue weighted by atomic mass is 16.1. The third kappa shape index (κ3) is 2.14. The predicted octanol–water partition coefficient (Wildman–Crippen LogP) is 3.51.